The Bertz CT molecular complexity index is 828. The summed E-state index contributed by atoms with van der Waals surface area (Å²) in [5, 5.41) is 0. The summed E-state index contributed by atoms with van der Waals surface area (Å²) in [7, 11) is 0. The van der Waals surface area contributed by atoms with E-state index in [9.17, 15) is 4.39 Å². The number of halogens is 1. The Morgan fingerprint density at radius 1 is 1.19 bits per heavy atom. The number of hydrogen-bond donors (Lipinski definition) is 0. The van der Waals surface area contributed by atoms with Crippen LogP contribution in [0.2, 0.25) is 0 Å². The topological polar surface area (TPSA) is 69.6 Å². The second-order valence-electron chi connectivity index (χ2n) is 7.07. The Morgan fingerprint density at radius 3 is 2.81 bits per heavy atom. The molecule has 2 aliphatic heterocycles. The lowest BCUT2D eigenvalue weighted by atomic mass is 10.2. The monoisotopic (exact) mass is 374 g/mol. The maximum atomic E-state index is 14.4. The molecule has 0 aromatic carbocycles. The predicted octanol–water partition coefficient (Wildman–Crippen LogP) is 2.44. The van der Waals surface area contributed by atoms with Gasteiger partial charge in [-0.2, -0.15) is 4.98 Å². The minimum Gasteiger partial charge on any atom is -0.484 e. The van der Waals surface area contributed by atoms with Crippen LogP contribution in [0.1, 0.15) is 30.6 Å². The number of aryl methyl sites for hydroxylation is 2. The van der Waals surface area contributed by atoms with Crippen LogP contribution < -0.4 is 14.2 Å². The van der Waals surface area contributed by atoms with Gasteiger partial charge in [0.2, 0.25) is 5.88 Å². The summed E-state index contributed by atoms with van der Waals surface area (Å²) < 4.78 is 31.3. The number of ether oxygens (including phenoxy) is 3. The van der Waals surface area contributed by atoms with Crippen LogP contribution in [-0.2, 0) is 6.54 Å². The van der Waals surface area contributed by atoms with Gasteiger partial charge in [0.1, 0.15) is 31.0 Å². The van der Waals surface area contributed by atoms with Crippen molar-refractivity contribution in [3.63, 3.8) is 0 Å². The van der Waals surface area contributed by atoms with Gasteiger partial charge in [0.05, 0.1) is 5.69 Å². The normalized spacial score (nSPS) is 22.1. The number of hydrogen-bond acceptors (Lipinski definition) is 7. The second-order valence-corrected chi connectivity index (χ2v) is 7.07. The maximum absolute atomic E-state index is 14.4. The van der Waals surface area contributed by atoms with Gasteiger partial charge in [0.15, 0.2) is 5.75 Å². The van der Waals surface area contributed by atoms with Gasteiger partial charge in [-0.05, 0) is 20.8 Å². The summed E-state index contributed by atoms with van der Waals surface area (Å²) in [5.41, 5.74) is 1.24. The van der Waals surface area contributed by atoms with E-state index in [-0.39, 0.29) is 18.0 Å². The molecule has 2 aromatic rings. The van der Waals surface area contributed by atoms with Gasteiger partial charge in [-0.3, -0.25) is 4.90 Å². The number of rotatable bonds is 4. The Kier molecular flexibility index (Phi) is 4.82. The van der Waals surface area contributed by atoms with Crippen molar-refractivity contribution in [1.82, 2.24) is 19.9 Å². The Balaban J connectivity index is 1.44. The largest absolute Gasteiger partial charge is 0.484 e. The van der Waals surface area contributed by atoms with E-state index in [0.717, 1.165) is 12.1 Å². The number of aromatic nitrogens is 3. The molecule has 8 heteroatoms. The van der Waals surface area contributed by atoms with Gasteiger partial charge in [-0.15, -0.1) is 0 Å². The van der Waals surface area contributed by atoms with Crippen molar-refractivity contribution in [3.05, 3.63) is 35.2 Å². The molecule has 1 fully saturated rings. The summed E-state index contributed by atoms with van der Waals surface area (Å²) >= 11 is 0. The van der Waals surface area contributed by atoms with Crippen molar-refractivity contribution in [2.45, 2.75) is 45.9 Å². The zero-order valence-corrected chi connectivity index (χ0v) is 15.7. The van der Waals surface area contributed by atoms with E-state index in [0.29, 0.717) is 55.3 Å². The van der Waals surface area contributed by atoms with Crippen molar-refractivity contribution < 1.29 is 18.6 Å². The first-order chi connectivity index (χ1) is 13.0. The standard InChI is InChI=1S/C19H23FN4O3/c1-11-6-18(22-13(3)21-11)27-14-7-12(2)24(9-14)10-16-15(20)8-17-19(23-16)26-5-4-25-17/h6,8,12,14H,4-5,7,9-10H2,1-3H3/t12-,14+/m0/s1. The molecule has 0 unspecified atom stereocenters. The van der Waals surface area contributed by atoms with Gasteiger partial charge >= 0.3 is 0 Å². The summed E-state index contributed by atoms with van der Waals surface area (Å²) in [6, 6.07) is 3.44. The van der Waals surface area contributed by atoms with Crippen LogP contribution in [0.5, 0.6) is 17.5 Å². The average Bonchev–Trinajstić information content (AvgIpc) is 2.93. The van der Waals surface area contributed by atoms with Gasteiger partial charge in [-0.1, -0.05) is 0 Å². The van der Waals surface area contributed by atoms with Gasteiger partial charge in [0, 0.05) is 43.4 Å². The Morgan fingerprint density at radius 2 is 2.00 bits per heavy atom. The molecule has 0 bridgehead atoms. The fraction of sp³-hybridized carbons (Fsp3) is 0.526. The summed E-state index contributed by atoms with van der Waals surface area (Å²) in [6.45, 7) is 7.79. The lowest BCUT2D eigenvalue weighted by Crippen LogP contribution is -2.29. The molecule has 4 rings (SSSR count). The van der Waals surface area contributed by atoms with Crippen molar-refractivity contribution in [1.29, 1.82) is 0 Å². The van der Waals surface area contributed by atoms with E-state index in [2.05, 4.69) is 26.8 Å². The molecule has 0 amide bonds. The van der Waals surface area contributed by atoms with Crippen LogP contribution in [0.4, 0.5) is 4.39 Å². The molecule has 2 atom stereocenters. The highest BCUT2D eigenvalue weighted by molar-refractivity contribution is 5.36. The number of fused-ring (bicyclic) bond motifs is 1. The van der Waals surface area contributed by atoms with Crippen LogP contribution >= 0.6 is 0 Å². The second kappa shape index (κ2) is 7.26. The Hall–Kier alpha value is -2.48. The first-order valence-corrected chi connectivity index (χ1v) is 9.16. The minimum atomic E-state index is -0.377. The quantitative estimate of drug-likeness (QED) is 0.814. The SMILES string of the molecule is Cc1cc(O[C@@H]2C[C@H](C)N(Cc3nc4c(cc3F)OCCO4)C2)nc(C)n1. The molecule has 0 aliphatic carbocycles. The fourth-order valence-corrected chi connectivity index (χ4v) is 3.56. The van der Waals surface area contributed by atoms with Crippen molar-refractivity contribution in [3.8, 4) is 17.5 Å². The first kappa shape index (κ1) is 17.9. The van der Waals surface area contributed by atoms with Gasteiger partial charge in [0.25, 0.3) is 5.88 Å². The molecule has 2 aliphatic rings. The van der Waals surface area contributed by atoms with Crippen molar-refractivity contribution >= 4 is 0 Å². The molecule has 1 saturated heterocycles. The molecule has 0 N–H and O–H groups in total. The van der Waals surface area contributed by atoms with Gasteiger partial charge < -0.3 is 14.2 Å². The van der Waals surface area contributed by atoms with Crippen molar-refractivity contribution in [2.24, 2.45) is 0 Å². The van der Waals surface area contributed by atoms with E-state index in [1.54, 1.807) is 0 Å². The average molecular weight is 374 g/mol. The van der Waals surface area contributed by atoms with E-state index in [1.807, 2.05) is 19.9 Å². The van der Waals surface area contributed by atoms with Crippen molar-refractivity contribution in [2.75, 3.05) is 19.8 Å². The summed E-state index contributed by atoms with van der Waals surface area (Å²) in [6.07, 6.45) is 0.836. The number of likely N-dealkylation sites (tertiary alicyclic amines) is 1. The van der Waals surface area contributed by atoms with E-state index in [4.69, 9.17) is 14.2 Å². The van der Waals surface area contributed by atoms with Crippen LogP contribution in [0.15, 0.2) is 12.1 Å². The highest BCUT2D eigenvalue weighted by atomic mass is 19.1. The predicted molar refractivity (Wildman–Crippen MR) is 95.6 cm³/mol. The number of pyridine rings is 1. The lowest BCUT2D eigenvalue weighted by molar-refractivity contribution is 0.160. The number of nitrogens with zero attached hydrogens (tertiary/aromatic N) is 4. The lowest BCUT2D eigenvalue weighted by Gasteiger charge is -2.22. The molecule has 0 saturated carbocycles. The van der Waals surface area contributed by atoms with E-state index < -0.39 is 0 Å². The zero-order chi connectivity index (χ0) is 19.0. The van der Waals surface area contributed by atoms with Crippen LogP contribution in [-0.4, -0.2) is 51.8 Å². The Labute approximate surface area is 157 Å². The fourth-order valence-electron chi connectivity index (χ4n) is 3.56. The first-order valence-electron chi connectivity index (χ1n) is 9.16. The molecular weight excluding hydrogens is 351 g/mol. The third-order valence-electron chi connectivity index (χ3n) is 4.81. The third kappa shape index (κ3) is 3.95. The van der Waals surface area contributed by atoms with Crippen LogP contribution in [0, 0.1) is 19.7 Å². The van der Waals surface area contributed by atoms with Crippen LogP contribution in [0.3, 0.4) is 0 Å². The highest BCUT2D eigenvalue weighted by Crippen LogP contribution is 2.31. The molecule has 0 radical (unpaired) electrons. The maximum Gasteiger partial charge on any atom is 0.257 e. The molecular formula is C19H23FN4O3. The molecule has 4 heterocycles. The molecule has 144 valence electrons. The van der Waals surface area contributed by atoms with E-state index >= 15 is 0 Å². The van der Waals surface area contributed by atoms with Gasteiger partial charge in [-0.25, -0.2) is 14.4 Å². The molecule has 2 aromatic heterocycles. The van der Waals surface area contributed by atoms with Crippen LogP contribution in [0.25, 0.3) is 0 Å². The highest BCUT2D eigenvalue weighted by Gasteiger charge is 2.32. The zero-order valence-electron chi connectivity index (χ0n) is 15.7. The molecule has 0 spiro atoms. The minimum absolute atomic E-state index is 0.00558. The summed E-state index contributed by atoms with van der Waals surface area (Å²) in [4.78, 5) is 15.1. The molecule has 7 nitrogen and oxygen atoms in total. The third-order valence-corrected chi connectivity index (χ3v) is 4.81. The summed E-state index contributed by atoms with van der Waals surface area (Å²) in [5.74, 6) is 1.63. The van der Waals surface area contributed by atoms with E-state index in [1.165, 1.54) is 6.07 Å². The molecule has 27 heavy (non-hydrogen) atoms. The smallest absolute Gasteiger partial charge is 0.257 e.